The molecule has 122 valence electrons. The number of morpholine rings is 1. The predicted molar refractivity (Wildman–Crippen MR) is 93.2 cm³/mol. The first-order valence-corrected chi connectivity index (χ1v) is 7.93. The van der Waals surface area contributed by atoms with Gasteiger partial charge in [0, 0.05) is 29.5 Å². The average molecular weight is 321 g/mol. The highest BCUT2D eigenvalue weighted by Crippen LogP contribution is 2.22. The van der Waals surface area contributed by atoms with Crippen LogP contribution < -0.4 is 10.2 Å². The first-order chi connectivity index (χ1) is 11.7. The van der Waals surface area contributed by atoms with Crippen molar-refractivity contribution in [2.75, 3.05) is 30.0 Å². The number of ether oxygens (including phenoxy) is 1. The lowest BCUT2D eigenvalue weighted by Gasteiger charge is -2.35. The van der Waals surface area contributed by atoms with E-state index < -0.39 is 0 Å². The lowest BCUT2D eigenvalue weighted by atomic mass is 10.1. The molecule has 0 aromatic heterocycles. The third-order valence-corrected chi connectivity index (χ3v) is 4.08. The van der Waals surface area contributed by atoms with Crippen LogP contribution in [-0.4, -0.2) is 31.7 Å². The molecule has 1 heterocycles. The van der Waals surface area contributed by atoms with Gasteiger partial charge in [-0.05, 0) is 49.4 Å². The summed E-state index contributed by atoms with van der Waals surface area (Å²) in [6.07, 6.45) is 0. The minimum atomic E-state index is -0.223. The fourth-order valence-electron chi connectivity index (χ4n) is 2.78. The van der Waals surface area contributed by atoms with Crippen LogP contribution in [0.1, 0.15) is 22.8 Å². The van der Waals surface area contributed by atoms with Crippen molar-refractivity contribution in [2.24, 2.45) is 0 Å². The molecule has 2 aromatic carbocycles. The third-order valence-electron chi connectivity index (χ3n) is 4.08. The number of rotatable bonds is 3. The van der Waals surface area contributed by atoms with Crippen molar-refractivity contribution in [1.82, 2.24) is 0 Å². The van der Waals surface area contributed by atoms with Gasteiger partial charge in [-0.3, -0.25) is 4.79 Å². The number of carbonyl (C=O) groups excluding carboxylic acids is 1. The van der Waals surface area contributed by atoms with Gasteiger partial charge in [0.05, 0.1) is 24.8 Å². The van der Waals surface area contributed by atoms with Gasteiger partial charge < -0.3 is 15.0 Å². The molecule has 0 spiro atoms. The number of amides is 1. The molecule has 0 radical (unpaired) electrons. The Morgan fingerprint density at radius 2 is 2.08 bits per heavy atom. The molecular weight excluding hydrogens is 302 g/mol. The number of nitriles is 1. The van der Waals surface area contributed by atoms with Crippen molar-refractivity contribution in [3.8, 4) is 6.07 Å². The van der Waals surface area contributed by atoms with Crippen LogP contribution in [0.3, 0.4) is 0 Å². The molecule has 3 rings (SSSR count). The molecule has 5 nitrogen and oxygen atoms in total. The van der Waals surface area contributed by atoms with Gasteiger partial charge in [0.1, 0.15) is 0 Å². The van der Waals surface area contributed by atoms with Crippen molar-refractivity contribution in [1.29, 1.82) is 5.26 Å². The maximum absolute atomic E-state index is 12.3. The second-order valence-electron chi connectivity index (χ2n) is 5.81. The fourth-order valence-corrected chi connectivity index (χ4v) is 2.78. The summed E-state index contributed by atoms with van der Waals surface area (Å²) in [6, 6.07) is 16.8. The molecule has 0 saturated carbocycles. The van der Waals surface area contributed by atoms with Crippen molar-refractivity contribution < 1.29 is 9.53 Å². The second kappa shape index (κ2) is 7.16. The highest BCUT2D eigenvalue weighted by molar-refractivity contribution is 6.04. The smallest absolute Gasteiger partial charge is 0.255 e. The minimum absolute atomic E-state index is 0.223. The standard InChI is InChI=1S/C19H19N3O2/c1-14-13-24-10-9-22(14)18-7-5-17(6-8-18)21-19(23)16-4-2-3-15(11-16)12-20/h2-8,11,14H,9-10,13H2,1H3,(H,21,23). The highest BCUT2D eigenvalue weighted by Gasteiger charge is 2.18. The van der Waals surface area contributed by atoms with Gasteiger partial charge in [-0.25, -0.2) is 0 Å². The van der Waals surface area contributed by atoms with Gasteiger partial charge in [-0.15, -0.1) is 0 Å². The van der Waals surface area contributed by atoms with Crippen molar-refractivity contribution in [3.05, 3.63) is 59.7 Å². The lowest BCUT2D eigenvalue weighted by molar-refractivity contribution is 0.0989. The molecule has 1 aliphatic heterocycles. The minimum Gasteiger partial charge on any atom is -0.377 e. The van der Waals surface area contributed by atoms with E-state index in [4.69, 9.17) is 10.00 Å². The summed E-state index contributed by atoms with van der Waals surface area (Å²) in [6.45, 7) is 4.47. The van der Waals surface area contributed by atoms with Crippen LogP contribution >= 0.6 is 0 Å². The fraction of sp³-hybridized carbons (Fsp3) is 0.263. The predicted octanol–water partition coefficient (Wildman–Crippen LogP) is 3.04. The Hall–Kier alpha value is -2.84. The molecular formula is C19H19N3O2. The maximum atomic E-state index is 12.3. The van der Waals surface area contributed by atoms with Crippen LogP contribution in [-0.2, 0) is 4.74 Å². The monoisotopic (exact) mass is 321 g/mol. The summed E-state index contributed by atoms with van der Waals surface area (Å²) in [5.74, 6) is -0.223. The van der Waals surface area contributed by atoms with Crippen LogP contribution in [0.5, 0.6) is 0 Å². The first kappa shape index (κ1) is 16.0. The quantitative estimate of drug-likeness (QED) is 0.943. The van der Waals surface area contributed by atoms with Crippen LogP contribution in [0.15, 0.2) is 48.5 Å². The number of benzene rings is 2. The number of nitrogens with zero attached hydrogens (tertiary/aromatic N) is 2. The Bertz CT molecular complexity index is 765. The third kappa shape index (κ3) is 3.55. The SMILES string of the molecule is CC1COCCN1c1ccc(NC(=O)c2cccc(C#N)c2)cc1. The van der Waals surface area contributed by atoms with E-state index in [9.17, 15) is 4.79 Å². The average Bonchev–Trinajstić information content (AvgIpc) is 2.63. The number of anilines is 2. The maximum Gasteiger partial charge on any atom is 0.255 e. The summed E-state index contributed by atoms with van der Waals surface area (Å²) in [4.78, 5) is 14.6. The Morgan fingerprint density at radius 3 is 2.79 bits per heavy atom. The Balaban J connectivity index is 1.69. The Kier molecular flexibility index (Phi) is 4.78. The molecule has 1 N–H and O–H groups in total. The summed E-state index contributed by atoms with van der Waals surface area (Å²) in [5.41, 5.74) is 2.79. The molecule has 1 amide bonds. The summed E-state index contributed by atoms with van der Waals surface area (Å²) < 4.78 is 5.46. The normalized spacial score (nSPS) is 17.2. The summed E-state index contributed by atoms with van der Waals surface area (Å²) in [7, 11) is 0. The number of carbonyl (C=O) groups is 1. The first-order valence-electron chi connectivity index (χ1n) is 7.93. The van der Waals surface area contributed by atoms with E-state index in [0.29, 0.717) is 17.2 Å². The molecule has 1 saturated heterocycles. The van der Waals surface area contributed by atoms with Gasteiger partial charge in [0.25, 0.3) is 5.91 Å². The van der Waals surface area contributed by atoms with Gasteiger partial charge in [-0.2, -0.15) is 5.26 Å². The van der Waals surface area contributed by atoms with E-state index in [1.807, 2.05) is 30.3 Å². The van der Waals surface area contributed by atoms with Gasteiger partial charge in [0.2, 0.25) is 0 Å². The zero-order chi connectivity index (χ0) is 16.9. The molecule has 5 heteroatoms. The van der Waals surface area contributed by atoms with E-state index in [-0.39, 0.29) is 5.91 Å². The zero-order valence-electron chi connectivity index (χ0n) is 13.5. The van der Waals surface area contributed by atoms with Crippen molar-refractivity contribution in [2.45, 2.75) is 13.0 Å². The van der Waals surface area contributed by atoms with Crippen molar-refractivity contribution >= 4 is 17.3 Å². The van der Waals surface area contributed by atoms with Gasteiger partial charge in [-0.1, -0.05) is 6.07 Å². The van der Waals surface area contributed by atoms with Crippen molar-refractivity contribution in [3.63, 3.8) is 0 Å². The Morgan fingerprint density at radius 1 is 1.29 bits per heavy atom. The summed E-state index contributed by atoms with van der Waals surface area (Å²) in [5, 5.41) is 11.8. The molecule has 0 bridgehead atoms. The van der Waals surface area contributed by atoms with Crippen LogP contribution in [0.25, 0.3) is 0 Å². The van der Waals surface area contributed by atoms with Crippen LogP contribution in [0, 0.1) is 11.3 Å². The van der Waals surface area contributed by atoms with E-state index in [0.717, 1.165) is 31.1 Å². The summed E-state index contributed by atoms with van der Waals surface area (Å²) >= 11 is 0. The molecule has 2 aromatic rings. The van der Waals surface area contributed by atoms with E-state index in [1.165, 1.54) is 0 Å². The number of nitrogens with one attached hydrogen (secondary N) is 1. The molecule has 24 heavy (non-hydrogen) atoms. The largest absolute Gasteiger partial charge is 0.377 e. The molecule has 1 atom stereocenters. The van der Waals surface area contributed by atoms with Crippen LogP contribution in [0.4, 0.5) is 11.4 Å². The topological polar surface area (TPSA) is 65.4 Å². The molecule has 0 aliphatic carbocycles. The second-order valence-corrected chi connectivity index (χ2v) is 5.81. The van der Waals surface area contributed by atoms with Gasteiger partial charge in [0.15, 0.2) is 0 Å². The van der Waals surface area contributed by atoms with E-state index in [2.05, 4.69) is 17.1 Å². The zero-order valence-corrected chi connectivity index (χ0v) is 13.5. The Labute approximate surface area is 141 Å². The van der Waals surface area contributed by atoms with E-state index >= 15 is 0 Å². The number of hydrogen-bond acceptors (Lipinski definition) is 4. The van der Waals surface area contributed by atoms with Crippen LogP contribution in [0.2, 0.25) is 0 Å². The lowest BCUT2D eigenvalue weighted by Crippen LogP contribution is -2.43. The van der Waals surface area contributed by atoms with E-state index in [1.54, 1.807) is 24.3 Å². The molecule has 1 aliphatic rings. The highest BCUT2D eigenvalue weighted by atomic mass is 16.5. The molecule has 1 unspecified atom stereocenters. The molecule has 1 fully saturated rings. The number of hydrogen-bond donors (Lipinski definition) is 1. The van der Waals surface area contributed by atoms with Gasteiger partial charge >= 0.3 is 0 Å².